The van der Waals surface area contributed by atoms with Gasteiger partial charge in [0.25, 0.3) is 11.1 Å². The third kappa shape index (κ3) is 1.77. The highest BCUT2D eigenvalue weighted by atomic mass is 16.1. The first-order chi connectivity index (χ1) is 7.99. The zero-order valence-electron chi connectivity index (χ0n) is 9.68. The van der Waals surface area contributed by atoms with Crippen LogP contribution in [0.2, 0.25) is 0 Å². The van der Waals surface area contributed by atoms with Crippen molar-refractivity contribution in [2.75, 3.05) is 0 Å². The quantitative estimate of drug-likeness (QED) is 0.519. The average Bonchev–Trinajstić information content (AvgIpc) is 2.33. The highest BCUT2D eigenvalue weighted by Gasteiger charge is 2.08. The standard InChI is InChI=1S/C11H10N4O2/c1-4-8-10(16)14(2)9(7(5-12)6-13)15(3)11(8)17/h4H,1-3H3. The predicted octanol–water partition coefficient (Wildman–Crippen LogP) is -1.92. The van der Waals surface area contributed by atoms with E-state index >= 15 is 0 Å². The second-order valence-electron chi connectivity index (χ2n) is 3.35. The van der Waals surface area contributed by atoms with E-state index in [2.05, 4.69) is 0 Å². The first-order valence-corrected chi connectivity index (χ1v) is 4.76. The van der Waals surface area contributed by atoms with Gasteiger partial charge in [0.1, 0.15) is 22.8 Å². The molecule has 0 bridgehead atoms. The fourth-order valence-corrected chi connectivity index (χ4v) is 1.58. The Morgan fingerprint density at radius 1 is 1.12 bits per heavy atom. The van der Waals surface area contributed by atoms with Crippen LogP contribution in [0.5, 0.6) is 0 Å². The van der Waals surface area contributed by atoms with E-state index in [1.807, 2.05) is 0 Å². The molecule has 0 saturated carbocycles. The molecule has 1 heterocycles. The van der Waals surface area contributed by atoms with Crippen molar-refractivity contribution in [3.63, 3.8) is 0 Å². The number of hydrogen-bond donors (Lipinski definition) is 0. The lowest BCUT2D eigenvalue weighted by atomic mass is 10.3. The van der Waals surface area contributed by atoms with Crippen LogP contribution in [0.4, 0.5) is 0 Å². The number of aromatic nitrogens is 2. The summed E-state index contributed by atoms with van der Waals surface area (Å²) in [6.45, 7) is 1.58. The molecule has 1 aromatic heterocycles. The summed E-state index contributed by atoms with van der Waals surface area (Å²) in [6, 6.07) is 3.34. The summed E-state index contributed by atoms with van der Waals surface area (Å²) in [6.07, 6.45) is 1.41. The van der Waals surface area contributed by atoms with E-state index in [1.165, 1.54) is 20.2 Å². The molecule has 0 aliphatic heterocycles. The zero-order valence-corrected chi connectivity index (χ0v) is 9.68. The van der Waals surface area contributed by atoms with Gasteiger partial charge in [-0.1, -0.05) is 6.08 Å². The molecule has 0 fully saturated rings. The Labute approximate surface area is 96.6 Å². The minimum Gasteiger partial charge on any atom is -0.295 e. The third-order valence-electron chi connectivity index (χ3n) is 2.44. The molecule has 1 aromatic rings. The Morgan fingerprint density at radius 3 is 1.82 bits per heavy atom. The number of nitrogens with zero attached hydrogens (tertiary/aromatic N) is 4. The monoisotopic (exact) mass is 230 g/mol. The normalized spacial score (nSPS) is 9.24. The first-order valence-electron chi connectivity index (χ1n) is 4.76. The van der Waals surface area contributed by atoms with Gasteiger partial charge in [-0.15, -0.1) is 0 Å². The lowest BCUT2D eigenvalue weighted by Crippen LogP contribution is -2.57. The summed E-state index contributed by atoms with van der Waals surface area (Å²) in [5.74, 6) is 0. The van der Waals surface area contributed by atoms with Crippen molar-refractivity contribution in [2.24, 2.45) is 14.1 Å². The van der Waals surface area contributed by atoms with E-state index in [1.54, 1.807) is 19.1 Å². The minimum atomic E-state index is -0.520. The lowest BCUT2D eigenvalue weighted by molar-refractivity contribution is 0.661. The molecular formula is C11H10N4O2. The van der Waals surface area contributed by atoms with E-state index in [9.17, 15) is 9.59 Å². The second kappa shape index (κ2) is 4.50. The molecular weight excluding hydrogens is 220 g/mol. The van der Waals surface area contributed by atoms with Crippen molar-refractivity contribution in [3.05, 3.63) is 31.4 Å². The fourth-order valence-electron chi connectivity index (χ4n) is 1.58. The fraction of sp³-hybridized carbons (Fsp3) is 0.273. The molecule has 0 aliphatic rings. The van der Waals surface area contributed by atoms with Crippen LogP contribution in [0, 0.1) is 22.7 Å². The molecule has 0 atom stereocenters. The van der Waals surface area contributed by atoms with Gasteiger partial charge in [0.15, 0.2) is 5.57 Å². The number of nitriles is 2. The minimum absolute atomic E-state index is 0.00981. The molecule has 0 N–H and O–H groups in total. The molecule has 86 valence electrons. The van der Waals surface area contributed by atoms with Crippen LogP contribution in [-0.4, -0.2) is 9.13 Å². The summed E-state index contributed by atoms with van der Waals surface area (Å²) in [5, 5.41) is 17.6. The molecule has 6 nitrogen and oxygen atoms in total. The van der Waals surface area contributed by atoms with Crippen molar-refractivity contribution in [1.82, 2.24) is 9.13 Å². The van der Waals surface area contributed by atoms with Gasteiger partial charge < -0.3 is 0 Å². The lowest BCUT2D eigenvalue weighted by Gasteiger charge is -2.04. The average molecular weight is 230 g/mol. The van der Waals surface area contributed by atoms with Crippen molar-refractivity contribution in [3.8, 4) is 12.1 Å². The molecule has 0 aromatic carbocycles. The highest BCUT2D eigenvalue weighted by Crippen LogP contribution is 1.82. The van der Waals surface area contributed by atoms with Crippen LogP contribution in [0.25, 0.3) is 11.6 Å². The van der Waals surface area contributed by atoms with Gasteiger partial charge in [-0.05, 0) is 6.92 Å². The Balaban J connectivity index is 4.33. The SMILES string of the molecule is CC=c1c(=O)n(C)c(=C(C#N)C#N)n(C)c1=O. The Morgan fingerprint density at radius 2 is 1.53 bits per heavy atom. The molecule has 0 amide bonds. The Bertz CT molecular complexity index is 722. The van der Waals surface area contributed by atoms with Crippen molar-refractivity contribution in [1.29, 1.82) is 10.5 Å². The summed E-state index contributed by atoms with van der Waals surface area (Å²) in [5.41, 5.74) is -1.30. The van der Waals surface area contributed by atoms with Crippen LogP contribution < -0.4 is 21.8 Å². The van der Waals surface area contributed by atoms with Crippen molar-refractivity contribution >= 4 is 11.6 Å². The van der Waals surface area contributed by atoms with Crippen LogP contribution >= 0.6 is 0 Å². The molecule has 0 saturated heterocycles. The Kier molecular flexibility index (Phi) is 3.30. The van der Waals surface area contributed by atoms with Crippen LogP contribution in [-0.2, 0) is 14.1 Å². The topological polar surface area (TPSA) is 91.6 Å². The highest BCUT2D eigenvalue weighted by molar-refractivity contribution is 5.70. The second-order valence-corrected chi connectivity index (χ2v) is 3.35. The maximum atomic E-state index is 11.8. The maximum Gasteiger partial charge on any atom is 0.264 e. The molecule has 0 spiro atoms. The Hall–Kier alpha value is -2.60. The van der Waals surface area contributed by atoms with Gasteiger partial charge in [-0.25, -0.2) is 0 Å². The van der Waals surface area contributed by atoms with Gasteiger partial charge in [0, 0.05) is 14.1 Å². The summed E-state index contributed by atoms with van der Waals surface area (Å²) in [4.78, 5) is 23.6. The van der Waals surface area contributed by atoms with E-state index in [4.69, 9.17) is 10.5 Å². The zero-order chi connectivity index (χ0) is 13.2. The molecule has 1 rings (SSSR count). The van der Waals surface area contributed by atoms with Crippen molar-refractivity contribution in [2.45, 2.75) is 6.92 Å². The maximum absolute atomic E-state index is 11.8. The first kappa shape index (κ1) is 12.5. The van der Waals surface area contributed by atoms with Crippen LogP contribution in [0.3, 0.4) is 0 Å². The van der Waals surface area contributed by atoms with Gasteiger partial charge in [0.2, 0.25) is 0 Å². The van der Waals surface area contributed by atoms with E-state index in [-0.39, 0.29) is 16.3 Å². The molecule has 0 unspecified atom stereocenters. The van der Waals surface area contributed by atoms with Crippen LogP contribution in [0.15, 0.2) is 9.59 Å². The van der Waals surface area contributed by atoms with E-state index < -0.39 is 11.1 Å². The van der Waals surface area contributed by atoms with E-state index in [0.29, 0.717) is 0 Å². The van der Waals surface area contributed by atoms with Gasteiger partial charge in [-0.3, -0.25) is 18.7 Å². The third-order valence-corrected chi connectivity index (χ3v) is 2.44. The van der Waals surface area contributed by atoms with E-state index in [0.717, 1.165) is 9.13 Å². The molecule has 17 heavy (non-hydrogen) atoms. The van der Waals surface area contributed by atoms with Gasteiger partial charge in [0.05, 0.1) is 0 Å². The predicted molar refractivity (Wildman–Crippen MR) is 60.9 cm³/mol. The molecule has 0 aliphatic carbocycles. The van der Waals surface area contributed by atoms with Gasteiger partial charge in [-0.2, -0.15) is 10.5 Å². The number of rotatable bonds is 0. The van der Waals surface area contributed by atoms with Gasteiger partial charge >= 0.3 is 0 Å². The summed E-state index contributed by atoms with van der Waals surface area (Å²) < 4.78 is 2.25. The largest absolute Gasteiger partial charge is 0.295 e. The molecule has 6 heteroatoms. The smallest absolute Gasteiger partial charge is 0.264 e. The summed E-state index contributed by atoms with van der Waals surface area (Å²) in [7, 11) is 2.83. The summed E-state index contributed by atoms with van der Waals surface area (Å²) >= 11 is 0. The number of hydrogen-bond acceptors (Lipinski definition) is 4. The van der Waals surface area contributed by atoms with Crippen LogP contribution in [0.1, 0.15) is 6.92 Å². The van der Waals surface area contributed by atoms with Crippen molar-refractivity contribution < 1.29 is 0 Å². The molecule has 0 radical (unpaired) electrons.